The van der Waals surface area contributed by atoms with Crippen LogP contribution in [0.15, 0.2) is 38.0 Å². The third-order valence-electron chi connectivity index (χ3n) is 1.15. The van der Waals surface area contributed by atoms with E-state index in [0.717, 1.165) is 0 Å². The van der Waals surface area contributed by atoms with Crippen LogP contribution in [0.25, 0.3) is 0 Å². The third-order valence-corrected chi connectivity index (χ3v) is 2.75. The second kappa shape index (κ2) is 7.85. The molecular weight excluding hydrogens is 203 g/mol. The first kappa shape index (κ1) is 13.5. The van der Waals surface area contributed by atoms with E-state index in [4.69, 9.17) is 13.6 Å². The Labute approximate surface area is 85.2 Å². The van der Waals surface area contributed by atoms with Gasteiger partial charge < -0.3 is 0 Å². The summed E-state index contributed by atoms with van der Waals surface area (Å²) in [6, 6.07) is 0. The summed E-state index contributed by atoms with van der Waals surface area (Å²) in [4.78, 5) is 9.73. The average molecular weight is 220 g/mol. The summed E-state index contributed by atoms with van der Waals surface area (Å²) in [5.74, 6) is 0. The molecule has 0 bridgehead atoms. The molecule has 0 unspecified atom stereocenters. The SMILES string of the molecule is C=CCO[PH](O)(OCC=C)OCC=C. The van der Waals surface area contributed by atoms with Crippen LogP contribution in [-0.4, -0.2) is 24.7 Å². The van der Waals surface area contributed by atoms with Gasteiger partial charge in [-0.2, -0.15) is 0 Å². The van der Waals surface area contributed by atoms with Crippen molar-refractivity contribution < 1.29 is 18.5 Å². The molecule has 1 N–H and O–H groups in total. The fourth-order valence-electron chi connectivity index (χ4n) is 0.618. The molecule has 0 atom stereocenters. The molecule has 4 nitrogen and oxygen atoms in total. The van der Waals surface area contributed by atoms with Crippen molar-refractivity contribution in [2.24, 2.45) is 0 Å². The van der Waals surface area contributed by atoms with Crippen LogP contribution in [0.4, 0.5) is 0 Å². The van der Waals surface area contributed by atoms with Crippen molar-refractivity contribution >= 4 is 8.17 Å². The van der Waals surface area contributed by atoms with E-state index in [1.165, 1.54) is 18.2 Å². The van der Waals surface area contributed by atoms with Gasteiger partial charge in [0.05, 0.1) is 0 Å². The van der Waals surface area contributed by atoms with E-state index in [1.807, 2.05) is 0 Å². The van der Waals surface area contributed by atoms with Crippen molar-refractivity contribution in [2.45, 2.75) is 0 Å². The van der Waals surface area contributed by atoms with E-state index >= 15 is 0 Å². The van der Waals surface area contributed by atoms with Crippen molar-refractivity contribution in [3.05, 3.63) is 38.0 Å². The van der Waals surface area contributed by atoms with Gasteiger partial charge in [0, 0.05) is 0 Å². The van der Waals surface area contributed by atoms with Crippen LogP contribution in [0.5, 0.6) is 0 Å². The Kier molecular flexibility index (Phi) is 7.57. The van der Waals surface area contributed by atoms with Gasteiger partial charge >= 0.3 is 84.4 Å². The zero-order valence-electron chi connectivity index (χ0n) is 8.15. The summed E-state index contributed by atoms with van der Waals surface area (Å²) >= 11 is 0. The summed E-state index contributed by atoms with van der Waals surface area (Å²) in [6.07, 6.45) is 4.52. The second-order valence-electron chi connectivity index (χ2n) is 2.32. The van der Waals surface area contributed by atoms with Crippen LogP contribution < -0.4 is 0 Å². The molecule has 0 spiro atoms. The van der Waals surface area contributed by atoms with Gasteiger partial charge in [0.1, 0.15) is 0 Å². The zero-order chi connectivity index (χ0) is 10.9. The minimum atomic E-state index is -3.53. The van der Waals surface area contributed by atoms with Crippen LogP contribution in [-0.2, 0) is 13.6 Å². The van der Waals surface area contributed by atoms with Gasteiger partial charge in [-0.05, 0) is 0 Å². The summed E-state index contributed by atoms with van der Waals surface area (Å²) in [5.41, 5.74) is 0. The van der Waals surface area contributed by atoms with E-state index in [9.17, 15) is 4.89 Å². The first-order valence-electron chi connectivity index (χ1n) is 4.15. The molecule has 0 saturated carbocycles. The van der Waals surface area contributed by atoms with Crippen molar-refractivity contribution in [1.29, 1.82) is 0 Å². The monoisotopic (exact) mass is 220 g/mol. The molecule has 0 aliphatic heterocycles. The van der Waals surface area contributed by atoms with Gasteiger partial charge in [0.2, 0.25) is 0 Å². The Hall–Kier alpha value is -0.510. The fraction of sp³-hybridized carbons (Fsp3) is 0.333. The predicted octanol–water partition coefficient (Wildman–Crippen LogP) is 2.00. The van der Waals surface area contributed by atoms with E-state index in [1.54, 1.807) is 0 Å². The predicted molar refractivity (Wildman–Crippen MR) is 59.0 cm³/mol. The van der Waals surface area contributed by atoms with Crippen molar-refractivity contribution in [1.82, 2.24) is 0 Å². The summed E-state index contributed by atoms with van der Waals surface area (Å²) in [7, 11) is -3.53. The van der Waals surface area contributed by atoms with E-state index < -0.39 is 8.17 Å². The fourth-order valence-corrected chi connectivity index (χ4v) is 1.85. The van der Waals surface area contributed by atoms with Crippen LogP contribution in [0.2, 0.25) is 0 Å². The molecule has 0 fully saturated rings. The molecule has 82 valence electrons. The van der Waals surface area contributed by atoms with Gasteiger partial charge in [0.15, 0.2) is 0 Å². The van der Waals surface area contributed by atoms with E-state index in [-0.39, 0.29) is 19.8 Å². The standard InChI is InChI=1S/C9H17O4P/c1-4-7-11-14(10,12-8-5-2)13-9-6-3/h4-6,10,14H,1-3,7-9H2. The van der Waals surface area contributed by atoms with Gasteiger partial charge in [0.25, 0.3) is 0 Å². The molecule has 0 aliphatic carbocycles. The summed E-state index contributed by atoms with van der Waals surface area (Å²) in [5, 5.41) is 0. The molecule has 5 heteroatoms. The van der Waals surface area contributed by atoms with Crippen molar-refractivity contribution in [2.75, 3.05) is 19.8 Å². The van der Waals surface area contributed by atoms with Crippen LogP contribution >= 0.6 is 8.17 Å². The summed E-state index contributed by atoms with van der Waals surface area (Å²) in [6.45, 7) is 10.9. The van der Waals surface area contributed by atoms with Crippen LogP contribution in [0.1, 0.15) is 0 Å². The Morgan fingerprint density at radius 1 is 0.857 bits per heavy atom. The number of hydrogen-bond acceptors (Lipinski definition) is 4. The topological polar surface area (TPSA) is 47.9 Å². The van der Waals surface area contributed by atoms with Gasteiger partial charge in [-0.1, -0.05) is 0 Å². The minimum absolute atomic E-state index is 0.178. The van der Waals surface area contributed by atoms with Crippen LogP contribution in [0.3, 0.4) is 0 Å². The molecule has 14 heavy (non-hydrogen) atoms. The first-order valence-corrected chi connectivity index (χ1v) is 5.82. The van der Waals surface area contributed by atoms with Gasteiger partial charge in [-0.3, -0.25) is 0 Å². The molecule has 0 aromatic heterocycles. The molecule has 0 heterocycles. The normalized spacial score (nSPS) is 12.1. The second-order valence-corrected chi connectivity index (χ2v) is 4.24. The molecule has 0 saturated heterocycles. The Bertz CT molecular complexity index is 162. The maximum absolute atomic E-state index is 9.73. The van der Waals surface area contributed by atoms with E-state index in [0.29, 0.717) is 0 Å². The Morgan fingerprint density at radius 3 is 1.36 bits per heavy atom. The Balaban J connectivity index is 4.07. The third kappa shape index (κ3) is 6.02. The quantitative estimate of drug-likeness (QED) is 0.477. The molecule has 0 aromatic carbocycles. The maximum atomic E-state index is 9.73. The molecule has 0 radical (unpaired) electrons. The molecule has 0 aromatic rings. The number of hydrogen-bond donors (Lipinski definition) is 1. The van der Waals surface area contributed by atoms with Crippen molar-refractivity contribution in [3.63, 3.8) is 0 Å². The van der Waals surface area contributed by atoms with Gasteiger partial charge in [-0.25, -0.2) is 0 Å². The summed E-state index contributed by atoms with van der Waals surface area (Å²) < 4.78 is 15.1. The van der Waals surface area contributed by atoms with Gasteiger partial charge in [-0.15, -0.1) is 0 Å². The average Bonchev–Trinajstić information content (AvgIpc) is 2.21. The molecule has 0 rings (SSSR count). The molecular formula is C9H17O4P. The Morgan fingerprint density at radius 2 is 1.14 bits per heavy atom. The van der Waals surface area contributed by atoms with Crippen molar-refractivity contribution in [3.8, 4) is 0 Å². The van der Waals surface area contributed by atoms with E-state index in [2.05, 4.69) is 19.7 Å². The first-order chi connectivity index (χ1) is 6.68. The molecule has 0 amide bonds. The van der Waals surface area contributed by atoms with Crippen LogP contribution in [0, 0.1) is 0 Å². The molecule has 0 aliphatic rings. The number of rotatable bonds is 9. The zero-order valence-corrected chi connectivity index (χ0v) is 9.15.